The topological polar surface area (TPSA) is 38.5 Å². The van der Waals surface area contributed by atoms with E-state index < -0.39 is 0 Å². The van der Waals surface area contributed by atoms with Crippen molar-refractivity contribution in [3.05, 3.63) is 24.3 Å². The number of benzene rings is 1. The van der Waals surface area contributed by atoms with Crippen molar-refractivity contribution in [3.63, 3.8) is 0 Å². The van der Waals surface area contributed by atoms with Gasteiger partial charge in [0, 0.05) is 24.8 Å². The third kappa shape index (κ3) is 2.42. The van der Waals surface area contributed by atoms with E-state index in [0.29, 0.717) is 12.6 Å². The Kier molecular flexibility index (Phi) is 3.11. The van der Waals surface area contributed by atoms with E-state index >= 15 is 0 Å². The molecule has 0 saturated carbocycles. The second kappa shape index (κ2) is 4.53. The zero-order chi connectivity index (χ0) is 10.7. The highest BCUT2D eigenvalue weighted by molar-refractivity contribution is 5.50. The van der Waals surface area contributed by atoms with Crippen molar-refractivity contribution >= 4 is 5.69 Å². The van der Waals surface area contributed by atoms with Gasteiger partial charge in [-0.2, -0.15) is 0 Å². The number of anilines is 1. The lowest BCUT2D eigenvalue weighted by Gasteiger charge is -2.18. The molecule has 1 heterocycles. The minimum absolute atomic E-state index is 0.330. The molecule has 0 spiro atoms. The van der Waals surface area contributed by atoms with Crippen molar-refractivity contribution in [2.24, 2.45) is 5.73 Å². The summed E-state index contributed by atoms with van der Waals surface area (Å²) in [5, 5.41) is 0. The van der Waals surface area contributed by atoms with Crippen LogP contribution in [-0.2, 0) is 0 Å². The van der Waals surface area contributed by atoms with Crippen LogP contribution in [0, 0.1) is 0 Å². The maximum Gasteiger partial charge on any atom is 0.119 e. The molecule has 1 atom stereocenters. The van der Waals surface area contributed by atoms with Crippen LogP contribution in [0.1, 0.15) is 13.3 Å². The highest BCUT2D eigenvalue weighted by atomic mass is 16.5. The van der Waals surface area contributed by atoms with Crippen LogP contribution in [0.5, 0.6) is 5.75 Å². The Morgan fingerprint density at radius 2 is 2.13 bits per heavy atom. The zero-order valence-electron chi connectivity index (χ0n) is 9.15. The molecule has 3 nitrogen and oxygen atoms in total. The van der Waals surface area contributed by atoms with Crippen LogP contribution in [0.3, 0.4) is 0 Å². The predicted molar refractivity (Wildman–Crippen MR) is 62.4 cm³/mol. The fourth-order valence-corrected chi connectivity index (χ4v) is 1.94. The molecule has 0 aliphatic carbocycles. The summed E-state index contributed by atoms with van der Waals surface area (Å²) in [6.45, 7) is 4.74. The summed E-state index contributed by atoms with van der Waals surface area (Å²) in [4.78, 5) is 2.32. The van der Waals surface area contributed by atoms with E-state index in [2.05, 4.69) is 17.0 Å². The van der Waals surface area contributed by atoms with Gasteiger partial charge in [-0.3, -0.25) is 0 Å². The second-order valence-corrected chi connectivity index (χ2v) is 3.92. The standard InChI is InChI=1S/C12H18N2O/c1-2-15-12-5-3-11(4-6-12)14-8-7-10(13)9-14/h3-6,10H,2,7-9,13H2,1H3. The Balaban J connectivity index is 2.03. The number of rotatable bonds is 3. The zero-order valence-corrected chi connectivity index (χ0v) is 9.15. The average molecular weight is 206 g/mol. The maximum absolute atomic E-state index is 5.87. The van der Waals surface area contributed by atoms with E-state index in [1.54, 1.807) is 0 Å². The summed E-state index contributed by atoms with van der Waals surface area (Å²) in [6, 6.07) is 8.56. The maximum atomic E-state index is 5.87. The minimum atomic E-state index is 0.330. The highest BCUT2D eigenvalue weighted by Gasteiger charge is 2.18. The first kappa shape index (κ1) is 10.3. The lowest BCUT2D eigenvalue weighted by atomic mass is 10.3. The smallest absolute Gasteiger partial charge is 0.119 e. The number of nitrogens with two attached hydrogens (primary N) is 1. The van der Waals surface area contributed by atoms with Gasteiger partial charge in [0.1, 0.15) is 5.75 Å². The van der Waals surface area contributed by atoms with Crippen molar-refractivity contribution < 1.29 is 4.74 Å². The number of hydrogen-bond acceptors (Lipinski definition) is 3. The van der Waals surface area contributed by atoms with Crippen molar-refractivity contribution in [2.75, 3.05) is 24.6 Å². The molecule has 0 amide bonds. The third-order valence-electron chi connectivity index (χ3n) is 2.74. The van der Waals surface area contributed by atoms with Crippen molar-refractivity contribution in [2.45, 2.75) is 19.4 Å². The number of hydrogen-bond donors (Lipinski definition) is 1. The molecule has 82 valence electrons. The van der Waals surface area contributed by atoms with E-state index in [9.17, 15) is 0 Å². The Labute approximate surface area is 90.8 Å². The van der Waals surface area contributed by atoms with Crippen LogP contribution in [0.15, 0.2) is 24.3 Å². The Hall–Kier alpha value is -1.22. The van der Waals surface area contributed by atoms with Crippen LogP contribution in [0.25, 0.3) is 0 Å². The molecule has 1 aromatic rings. The van der Waals surface area contributed by atoms with Crippen molar-refractivity contribution in [3.8, 4) is 5.75 Å². The Morgan fingerprint density at radius 3 is 2.67 bits per heavy atom. The highest BCUT2D eigenvalue weighted by Crippen LogP contribution is 2.22. The lowest BCUT2D eigenvalue weighted by Crippen LogP contribution is -2.26. The summed E-state index contributed by atoms with van der Waals surface area (Å²) in [6.07, 6.45) is 1.09. The first-order valence-electron chi connectivity index (χ1n) is 5.53. The number of nitrogens with zero attached hydrogens (tertiary/aromatic N) is 1. The molecule has 2 rings (SSSR count). The molecule has 0 radical (unpaired) electrons. The molecule has 1 aliphatic rings. The Bertz CT molecular complexity index is 310. The molecule has 1 saturated heterocycles. The summed E-state index contributed by atoms with van der Waals surface area (Å²) >= 11 is 0. The van der Waals surface area contributed by atoms with Crippen molar-refractivity contribution in [1.29, 1.82) is 0 Å². The molecule has 1 fully saturated rings. The molecule has 0 aromatic heterocycles. The van der Waals surface area contributed by atoms with E-state index in [1.165, 1.54) is 5.69 Å². The SMILES string of the molecule is CCOc1ccc(N2CCC(N)C2)cc1. The van der Waals surface area contributed by atoms with Gasteiger partial charge < -0.3 is 15.4 Å². The van der Waals surface area contributed by atoms with Gasteiger partial charge in [-0.05, 0) is 37.6 Å². The first-order valence-corrected chi connectivity index (χ1v) is 5.53. The summed E-state index contributed by atoms with van der Waals surface area (Å²) in [5.41, 5.74) is 7.12. The normalized spacial score (nSPS) is 20.7. The van der Waals surface area contributed by atoms with E-state index in [1.807, 2.05) is 19.1 Å². The molecular weight excluding hydrogens is 188 g/mol. The predicted octanol–water partition coefficient (Wildman–Crippen LogP) is 1.62. The van der Waals surface area contributed by atoms with E-state index in [0.717, 1.165) is 25.3 Å². The quantitative estimate of drug-likeness (QED) is 0.816. The van der Waals surface area contributed by atoms with Gasteiger partial charge in [0.25, 0.3) is 0 Å². The van der Waals surface area contributed by atoms with Crippen LogP contribution in [0.2, 0.25) is 0 Å². The van der Waals surface area contributed by atoms with Gasteiger partial charge >= 0.3 is 0 Å². The molecular formula is C12H18N2O. The van der Waals surface area contributed by atoms with Gasteiger partial charge in [-0.1, -0.05) is 0 Å². The monoisotopic (exact) mass is 206 g/mol. The largest absolute Gasteiger partial charge is 0.494 e. The van der Waals surface area contributed by atoms with Crippen molar-refractivity contribution in [1.82, 2.24) is 0 Å². The average Bonchev–Trinajstić information content (AvgIpc) is 2.67. The van der Waals surface area contributed by atoms with E-state index in [4.69, 9.17) is 10.5 Å². The van der Waals surface area contributed by atoms with Gasteiger partial charge in [-0.25, -0.2) is 0 Å². The van der Waals surface area contributed by atoms with Gasteiger partial charge in [-0.15, -0.1) is 0 Å². The summed E-state index contributed by atoms with van der Waals surface area (Å²) in [7, 11) is 0. The molecule has 1 aromatic carbocycles. The van der Waals surface area contributed by atoms with Crippen LogP contribution in [0.4, 0.5) is 5.69 Å². The first-order chi connectivity index (χ1) is 7.29. The fourth-order valence-electron chi connectivity index (χ4n) is 1.94. The molecule has 3 heteroatoms. The van der Waals surface area contributed by atoms with Crippen LogP contribution in [-0.4, -0.2) is 25.7 Å². The van der Waals surface area contributed by atoms with Crippen LogP contribution < -0.4 is 15.4 Å². The molecule has 1 aliphatic heterocycles. The fraction of sp³-hybridized carbons (Fsp3) is 0.500. The van der Waals surface area contributed by atoms with E-state index in [-0.39, 0.29) is 0 Å². The number of ether oxygens (including phenoxy) is 1. The van der Waals surface area contributed by atoms with Gasteiger partial charge in [0.05, 0.1) is 6.61 Å². The molecule has 1 unspecified atom stereocenters. The molecule has 15 heavy (non-hydrogen) atoms. The van der Waals surface area contributed by atoms with Crippen LogP contribution >= 0.6 is 0 Å². The Morgan fingerprint density at radius 1 is 1.40 bits per heavy atom. The molecule has 2 N–H and O–H groups in total. The van der Waals surface area contributed by atoms with Gasteiger partial charge in [0.15, 0.2) is 0 Å². The summed E-state index contributed by atoms with van der Waals surface area (Å²) < 4.78 is 5.40. The summed E-state index contributed by atoms with van der Waals surface area (Å²) in [5.74, 6) is 0.935. The third-order valence-corrected chi connectivity index (χ3v) is 2.74. The second-order valence-electron chi connectivity index (χ2n) is 3.92. The minimum Gasteiger partial charge on any atom is -0.494 e. The van der Waals surface area contributed by atoms with Gasteiger partial charge in [0.2, 0.25) is 0 Å². The lowest BCUT2D eigenvalue weighted by molar-refractivity contribution is 0.340. The molecule has 0 bridgehead atoms.